The van der Waals surface area contributed by atoms with Gasteiger partial charge in [-0.1, -0.05) is 0 Å². The molecular weight excluding hydrogens is 194 g/mol. The number of terminal acetylenes is 1. The van der Waals surface area contributed by atoms with Crippen LogP contribution in [0.15, 0.2) is 16.5 Å². The zero-order valence-corrected chi connectivity index (χ0v) is 8.49. The molecule has 0 saturated heterocycles. The van der Waals surface area contributed by atoms with Crippen LogP contribution < -0.4 is 5.32 Å². The lowest BCUT2D eigenvalue weighted by atomic mass is 10.2. The second-order valence-corrected chi connectivity index (χ2v) is 3.26. The van der Waals surface area contributed by atoms with E-state index in [9.17, 15) is 4.79 Å². The first kappa shape index (κ1) is 11.3. The van der Waals surface area contributed by atoms with Gasteiger partial charge in [0.05, 0.1) is 6.54 Å². The van der Waals surface area contributed by atoms with Crippen molar-refractivity contribution in [3.63, 3.8) is 0 Å². The van der Waals surface area contributed by atoms with Crippen molar-refractivity contribution in [2.45, 2.75) is 25.9 Å². The number of carboxylic acids is 1. The molecule has 4 nitrogen and oxygen atoms in total. The Hall–Kier alpha value is -1.73. The molecule has 0 radical (unpaired) electrons. The smallest absolute Gasteiger partial charge is 0.371 e. The molecule has 15 heavy (non-hydrogen) atoms. The number of hydrogen-bond donors (Lipinski definition) is 2. The Morgan fingerprint density at radius 2 is 2.47 bits per heavy atom. The normalized spacial score (nSPS) is 12.0. The van der Waals surface area contributed by atoms with E-state index in [0.717, 1.165) is 0 Å². The number of carbonyl (C=O) groups is 1. The molecule has 0 aromatic carbocycles. The molecule has 0 amide bonds. The average molecular weight is 207 g/mol. The highest BCUT2D eigenvalue weighted by molar-refractivity contribution is 5.84. The third-order valence-electron chi connectivity index (χ3n) is 1.92. The lowest BCUT2D eigenvalue weighted by Crippen LogP contribution is -2.24. The van der Waals surface area contributed by atoms with Gasteiger partial charge in [0.25, 0.3) is 0 Å². The SMILES string of the molecule is C#CCC(C)NCc1ccc(C(=O)O)o1. The van der Waals surface area contributed by atoms with E-state index in [1.165, 1.54) is 6.07 Å². The van der Waals surface area contributed by atoms with Crippen molar-refractivity contribution in [1.29, 1.82) is 0 Å². The predicted molar refractivity (Wildman–Crippen MR) is 55.4 cm³/mol. The van der Waals surface area contributed by atoms with Gasteiger partial charge in [-0.05, 0) is 19.1 Å². The molecule has 1 atom stereocenters. The summed E-state index contributed by atoms with van der Waals surface area (Å²) in [4.78, 5) is 10.5. The van der Waals surface area contributed by atoms with Gasteiger partial charge in [-0.25, -0.2) is 4.79 Å². The van der Waals surface area contributed by atoms with Crippen LogP contribution in [0.25, 0.3) is 0 Å². The molecular formula is C11H13NO3. The molecule has 0 aliphatic heterocycles. The summed E-state index contributed by atoms with van der Waals surface area (Å²) in [5.74, 6) is 2.03. The van der Waals surface area contributed by atoms with Gasteiger partial charge in [0.15, 0.2) is 0 Å². The molecule has 1 rings (SSSR count). The van der Waals surface area contributed by atoms with E-state index < -0.39 is 5.97 Å². The van der Waals surface area contributed by atoms with Gasteiger partial charge in [0.1, 0.15) is 5.76 Å². The van der Waals surface area contributed by atoms with Crippen LogP contribution in [0.4, 0.5) is 0 Å². The molecule has 1 unspecified atom stereocenters. The summed E-state index contributed by atoms with van der Waals surface area (Å²) in [5.41, 5.74) is 0. The molecule has 0 saturated carbocycles. The lowest BCUT2D eigenvalue weighted by molar-refractivity contribution is 0.0660. The number of rotatable bonds is 5. The Balaban J connectivity index is 2.45. The first-order chi connectivity index (χ1) is 7.13. The summed E-state index contributed by atoms with van der Waals surface area (Å²) >= 11 is 0. The molecule has 0 aliphatic rings. The first-order valence-electron chi connectivity index (χ1n) is 4.62. The highest BCUT2D eigenvalue weighted by atomic mass is 16.4. The predicted octanol–water partition coefficient (Wildman–Crippen LogP) is 1.48. The molecule has 2 N–H and O–H groups in total. The third kappa shape index (κ3) is 3.49. The molecule has 80 valence electrons. The summed E-state index contributed by atoms with van der Waals surface area (Å²) in [6.45, 7) is 2.44. The van der Waals surface area contributed by atoms with Crippen LogP contribution in [0.5, 0.6) is 0 Å². The van der Waals surface area contributed by atoms with E-state index in [0.29, 0.717) is 18.7 Å². The Morgan fingerprint density at radius 1 is 1.73 bits per heavy atom. The maximum Gasteiger partial charge on any atom is 0.371 e. The Labute approximate surface area is 88.3 Å². The fourth-order valence-electron chi connectivity index (χ4n) is 1.11. The number of furan rings is 1. The highest BCUT2D eigenvalue weighted by Crippen LogP contribution is 2.07. The second-order valence-electron chi connectivity index (χ2n) is 3.26. The van der Waals surface area contributed by atoms with Crippen molar-refractivity contribution in [2.24, 2.45) is 0 Å². The molecule has 4 heteroatoms. The maximum atomic E-state index is 10.5. The minimum Gasteiger partial charge on any atom is -0.475 e. The average Bonchev–Trinajstić information content (AvgIpc) is 2.63. The van der Waals surface area contributed by atoms with Crippen LogP contribution in [-0.2, 0) is 6.54 Å². The van der Waals surface area contributed by atoms with Crippen LogP contribution in [0.3, 0.4) is 0 Å². The van der Waals surface area contributed by atoms with Crippen molar-refractivity contribution in [3.05, 3.63) is 23.7 Å². The molecule has 0 aliphatic carbocycles. The molecule has 0 fully saturated rings. The quantitative estimate of drug-likeness (QED) is 0.718. The molecule has 0 bridgehead atoms. The summed E-state index contributed by atoms with van der Waals surface area (Å²) in [7, 11) is 0. The zero-order valence-electron chi connectivity index (χ0n) is 8.49. The first-order valence-corrected chi connectivity index (χ1v) is 4.62. The highest BCUT2D eigenvalue weighted by Gasteiger charge is 2.09. The minimum atomic E-state index is -1.06. The van der Waals surface area contributed by atoms with Gasteiger partial charge in [-0.3, -0.25) is 0 Å². The van der Waals surface area contributed by atoms with Crippen molar-refractivity contribution in [3.8, 4) is 12.3 Å². The van der Waals surface area contributed by atoms with Crippen molar-refractivity contribution < 1.29 is 14.3 Å². The number of nitrogens with one attached hydrogen (secondary N) is 1. The van der Waals surface area contributed by atoms with Crippen LogP contribution in [-0.4, -0.2) is 17.1 Å². The summed E-state index contributed by atoms with van der Waals surface area (Å²) < 4.78 is 5.06. The van der Waals surface area contributed by atoms with Gasteiger partial charge < -0.3 is 14.8 Å². The van der Waals surface area contributed by atoms with Gasteiger partial charge in [0, 0.05) is 12.5 Å². The van der Waals surface area contributed by atoms with E-state index in [1.807, 2.05) is 6.92 Å². The lowest BCUT2D eigenvalue weighted by Gasteiger charge is -2.08. The van der Waals surface area contributed by atoms with E-state index in [2.05, 4.69) is 11.2 Å². The molecule has 1 aromatic rings. The third-order valence-corrected chi connectivity index (χ3v) is 1.92. The van der Waals surface area contributed by atoms with E-state index >= 15 is 0 Å². The van der Waals surface area contributed by atoms with Crippen LogP contribution in [0.1, 0.15) is 29.7 Å². The van der Waals surface area contributed by atoms with Gasteiger partial charge in [-0.2, -0.15) is 0 Å². The van der Waals surface area contributed by atoms with Crippen LogP contribution in [0.2, 0.25) is 0 Å². The Kier molecular flexibility index (Phi) is 3.95. The van der Waals surface area contributed by atoms with Crippen molar-refractivity contribution in [1.82, 2.24) is 5.32 Å². The van der Waals surface area contributed by atoms with Crippen LogP contribution >= 0.6 is 0 Å². The Morgan fingerprint density at radius 3 is 3.00 bits per heavy atom. The molecule has 1 aromatic heterocycles. The van der Waals surface area contributed by atoms with Crippen LogP contribution in [0, 0.1) is 12.3 Å². The summed E-state index contributed by atoms with van der Waals surface area (Å²) in [6.07, 6.45) is 5.78. The summed E-state index contributed by atoms with van der Waals surface area (Å²) in [6, 6.07) is 3.26. The maximum absolute atomic E-state index is 10.5. The van der Waals surface area contributed by atoms with E-state index in [-0.39, 0.29) is 11.8 Å². The van der Waals surface area contributed by atoms with E-state index in [1.54, 1.807) is 6.07 Å². The second kappa shape index (κ2) is 5.23. The minimum absolute atomic E-state index is 0.0450. The largest absolute Gasteiger partial charge is 0.475 e. The number of aromatic carboxylic acids is 1. The van der Waals surface area contributed by atoms with Gasteiger partial charge in [0.2, 0.25) is 5.76 Å². The van der Waals surface area contributed by atoms with Gasteiger partial charge in [-0.15, -0.1) is 12.3 Å². The zero-order chi connectivity index (χ0) is 11.3. The molecule has 1 heterocycles. The number of hydrogen-bond acceptors (Lipinski definition) is 3. The summed E-state index contributed by atoms with van der Waals surface area (Å²) in [5, 5.41) is 11.7. The van der Waals surface area contributed by atoms with Crippen molar-refractivity contribution >= 4 is 5.97 Å². The topological polar surface area (TPSA) is 62.5 Å². The van der Waals surface area contributed by atoms with E-state index in [4.69, 9.17) is 15.9 Å². The number of carboxylic acid groups (broad SMARTS) is 1. The standard InChI is InChI=1S/C11H13NO3/c1-3-4-8(2)12-7-9-5-6-10(15-9)11(13)14/h1,5-6,8,12H,4,7H2,2H3,(H,13,14). The van der Waals surface area contributed by atoms with Gasteiger partial charge >= 0.3 is 5.97 Å². The monoisotopic (exact) mass is 207 g/mol. The Bertz CT molecular complexity index is 375. The fraction of sp³-hybridized carbons (Fsp3) is 0.364. The van der Waals surface area contributed by atoms with Crippen molar-refractivity contribution in [2.75, 3.05) is 0 Å². The molecule has 0 spiro atoms. The fourth-order valence-corrected chi connectivity index (χ4v) is 1.11.